The van der Waals surface area contributed by atoms with E-state index in [4.69, 9.17) is 4.74 Å². The van der Waals surface area contributed by atoms with Crippen molar-refractivity contribution in [3.8, 4) is 5.75 Å². The number of hydrogen-bond donors (Lipinski definition) is 1. The van der Waals surface area contributed by atoms with E-state index < -0.39 is 9.84 Å². The minimum absolute atomic E-state index is 0.205. The van der Waals surface area contributed by atoms with Crippen molar-refractivity contribution in [2.45, 2.75) is 41.1 Å². The molecule has 0 saturated heterocycles. The van der Waals surface area contributed by atoms with Gasteiger partial charge < -0.3 is 4.74 Å². The lowest BCUT2D eigenvalue weighted by Crippen LogP contribution is -2.28. The first-order valence-corrected chi connectivity index (χ1v) is 8.16. The second-order valence-corrected chi connectivity index (χ2v) is 7.62. The van der Waals surface area contributed by atoms with Gasteiger partial charge in [0.25, 0.3) is 0 Å². The molecule has 0 radical (unpaired) electrons. The molecule has 0 aromatic heterocycles. The molecule has 0 heterocycles. The van der Waals surface area contributed by atoms with Crippen LogP contribution in [-0.4, -0.2) is 26.0 Å². The molecule has 1 aromatic carbocycles. The molecule has 1 aromatic rings. The van der Waals surface area contributed by atoms with Gasteiger partial charge in [-0.25, -0.2) is 8.42 Å². The molecule has 100 valence electrons. The molecule has 2 rings (SSSR count). The Hall–Kier alpha value is -0.680. The van der Waals surface area contributed by atoms with Crippen LogP contribution in [0.3, 0.4) is 0 Å². The molecular formula is C13H18O3S2. The van der Waals surface area contributed by atoms with Gasteiger partial charge in [0.15, 0.2) is 9.84 Å². The molecule has 3 nitrogen and oxygen atoms in total. The first-order valence-electron chi connectivity index (χ1n) is 6.10. The molecule has 0 spiro atoms. The van der Waals surface area contributed by atoms with E-state index in [0.717, 1.165) is 19.3 Å². The van der Waals surface area contributed by atoms with E-state index >= 15 is 0 Å². The third-order valence-electron chi connectivity index (χ3n) is 3.43. The molecule has 0 N–H and O–H groups in total. The van der Waals surface area contributed by atoms with Crippen LogP contribution in [0.4, 0.5) is 0 Å². The highest BCUT2D eigenvalue weighted by Gasteiger charge is 2.31. The standard InChI is InChI=1S/C13H18O3S2/c1-16-10-5-7-12(8-6-10)18(14,15)13-4-2-3-11(17)9-13/h5-8,11,13,17H,2-4,9H2,1H3/t11-,13-/m0/s1. The molecule has 0 aliphatic heterocycles. The monoisotopic (exact) mass is 286 g/mol. The van der Waals surface area contributed by atoms with Gasteiger partial charge in [0.05, 0.1) is 17.3 Å². The third-order valence-corrected chi connectivity index (χ3v) is 6.13. The molecule has 1 aliphatic rings. The van der Waals surface area contributed by atoms with Gasteiger partial charge in [0.2, 0.25) is 0 Å². The smallest absolute Gasteiger partial charge is 0.181 e. The summed E-state index contributed by atoms with van der Waals surface area (Å²) in [6, 6.07) is 6.62. The fourth-order valence-electron chi connectivity index (χ4n) is 2.36. The Balaban J connectivity index is 2.23. The van der Waals surface area contributed by atoms with Crippen LogP contribution in [0.15, 0.2) is 29.2 Å². The van der Waals surface area contributed by atoms with Gasteiger partial charge >= 0.3 is 0 Å². The van der Waals surface area contributed by atoms with Crippen molar-refractivity contribution in [3.63, 3.8) is 0 Å². The lowest BCUT2D eigenvalue weighted by atomic mass is 10.00. The van der Waals surface area contributed by atoms with E-state index in [0.29, 0.717) is 17.1 Å². The number of benzene rings is 1. The zero-order valence-corrected chi connectivity index (χ0v) is 12.1. The number of ether oxygens (including phenoxy) is 1. The second-order valence-electron chi connectivity index (χ2n) is 4.66. The third kappa shape index (κ3) is 2.83. The molecule has 18 heavy (non-hydrogen) atoms. The zero-order chi connectivity index (χ0) is 13.2. The molecule has 0 unspecified atom stereocenters. The number of rotatable bonds is 3. The highest BCUT2D eigenvalue weighted by atomic mass is 32.2. The van der Waals surface area contributed by atoms with Crippen LogP contribution < -0.4 is 4.74 Å². The molecule has 1 aliphatic carbocycles. The topological polar surface area (TPSA) is 43.4 Å². The summed E-state index contributed by atoms with van der Waals surface area (Å²) in [7, 11) is -1.66. The Morgan fingerprint density at radius 1 is 1.22 bits per heavy atom. The Kier molecular flexibility index (Phi) is 4.22. The van der Waals surface area contributed by atoms with Crippen LogP contribution in [-0.2, 0) is 9.84 Å². The average Bonchev–Trinajstić information content (AvgIpc) is 2.39. The lowest BCUT2D eigenvalue weighted by molar-refractivity contribution is 0.414. The Morgan fingerprint density at radius 2 is 1.89 bits per heavy atom. The highest BCUT2D eigenvalue weighted by molar-refractivity contribution is 7.92. The van der Waals surface area contributed by atoms with Gasteiger partial charge in [-0.2, -0.15) is 12.6 Å². The zero-order valence-electron chi connectivity index (χ0n) is 10.4. The van der Waals surface area contributed by atoms with Crippen LogP contribution >= 0.6 is 12.6 Å². The molecule has 1 saturated carbocycles. The Morgan fingerprint density at radius 3 is 2.44 bits per heavy atom. The fraction of sp³-hybridized carbons (Fsp3) is 0.538. The second kappa shape index (κ2) is 5.53. The van der Waals surface area contributed by atoms with Gasteiger partial charge in [-0.05, 0) is 43.5 Å². The van der Waals surface area contributed by atoms with E-state index in [9.17, 15) is 8.42 Å². The summed E-state index contributed by atoms with van der Waals surface area (Å²) in [6.07, 6.45) is 3.34. The fourth-order valence-corrected chi connectivity index (χ4v) is 4.80. The molecule has 2 atom stereocenters. The summed E-state index contributed by atoms with van der Waals surface area (Å²) in [5.41, 5.74) is 0. The van der Waals surface area contributed by atoms with Crippen LogP contribution in [0.1, 0.15) is 25.7 Å². The van der Waals surface area contributed by atoms with E-state index in [1.54, 1.807) is 31.4 Å². The van der Waals surface area contributed by atoms with Crippen LogP contribution in [0.2, 0.25) is 0 Å². The minimum Gasteiger partial charge on any atom is -0.497 e. The van der Waals surface area contributed by atoms with Crippen LogP contribution in [0.25, 0.3) is 0 Å². The maximum atomic E-state index is 12.5. The summed E-state index contributed by atoms with van der Waals surface area (Å²) in [4.78, 5) is 0.385. The first kappa shape index (κ1) is 13.7. The lowest BCUT2D eigenvalue weighted by Gasteiger charge is -2.26. The van der Waals surface area contributed by atoms with Crippen molar-refractivity contribution in [3.05, 3.63) is 24.3 Å². The van der Waals surface area contributed by atoms with E-state index in [-0.39, 0.29) is 10.5 Å². The summed E-state index contributed by atoms with van der Waals surface area (Å²) >= 11 is 4.41. The maximum absolute atomic E-state index is 12.5. The number of thiol groups is 1. The molecule has 0 bridgehead atoms. The maximum Gasteiger partial charge on any atom is 0.181 e. The number of sulfone groups is 1. The molecular weight excluding hydrogens is 268 g/mol. The Labute approximate surface area is 114 Å². The largest absolute Gasteiger partial charge is 0.497 e. The summed E-state index contributed by atoms with van der Waals surface area (Å²) in [5, 5.41) is -0.0843. The van der Waals surface area contributed by atoms with Crippen LogP contribution in [0, 0.1) is 0 Å². The van der Waals surface area contributed by atoms with Crippen molar-refractivity contribution in [2.75, 3.05) is 7.11 Å². The number of methoxy groups -OCH3 is 1. The summed E-state index contributed by atoms with van der Waals surface area (Å²) < 4.78 is 30.0. The van der Waals surface area contributed by atoms with E-state index in [1.165, 1.54) is 0 Å². The molecule has 5 heteroatoms. The van der Waals surface area contributed by atoms with Crippen molar-refractivity contribution >= 4 is 22.5 Å². The van der Waals surface area contributed by atoms with E-state index in [1.807, 2.05) is 0 Å². The van der Waals surface area contributed by atoms with Crippen molar-refractivity contribution in [1.82, 2.24) is 0 Å². The SMILES string of the molecule is COc1ccc(S(=O)(=O)[C@H]2CCC[C@H](S)C2)cc1. The van der Waals surface area contributed by atoms with E-state index in [2.05, 4.69) is 12.6 Å². The van der Waals surface area contributed by atoms with Crippen LogP contribution in [0.5, 0.6) is 5.75 Å². The van der Waals surface area contributed by atoms with Crippen molar-refractivity contribution < 1.29 is 13.2 Å². The van der Waals surface area contributed by atoms with Crippen molar-refractivity contribution in [1.29, 1.82) is 0 Å². The number of hydrogen-bond acceptors (Lipinski definition) is 4. The predicted molar refractivity (Wildman–Crippen MR) is 75.2 cm³/mol. The minimum atomic E-state index is -3.22. The summed E-state index contributed by atoms with van der Waals surface area (Å²) in [6.45, 7) is 0. The quantitative estimate of drug-likeness (QED) is 0.869. The summed E-state index contributed by atoms with van der Waals surface area (Å²) in [5.74, 6) is 0.671. The van der Waals surface area contributed by atoms with Gasteiger partial charge in [-0.1, -0.05) is 6.42 Å². The van der Waals surface area contributed by atoms with Gasteiger partial charge in [-0.3, -0.25) is 0 Å². The highest BCUT2D eigenvalue weighted by Crippen LogP contribution is 2.31. The average molecular weight is 286 g/mol. The Bertz CT molecular complexity index is 493. The molecule has 0 amide bonds. The van der Waals surface area contributed by atoms with Gasteiger partial charge in [0.1, 0.15) is 5.75 Å². The normalized spacial score (nSPS) is 24.8. The first-order chi connectivity index (χ1) is 8.54. The molecule has 1 fully saturated rings. The predicted octanol–water partition coefficient (Wildman–Crippen LogP) is 2.71. The van der Waals surface area contributed by atoms with Crippen molar-refractivity contribution in [2.24, 2.45) is 0 Å². The van der Waals surface area contributed by atoms with Gasteiger partial charge in [-0.15, -0.1) is 0 Å². The van der Waals surface area contributed by atoms with Gasteiger partial charge in [0, 0.05) is 5.25 Å².